The molecule has 2 atom stereocenters. The van der Waals surface area contributed by atoms with Crippen LogP contribution >= 0.6 is 0 Å². The third kappa shape index (κ3) is 5.27. The van der Waals surface area contributed by atoms with Gasteiger partial charge in [0.05, 0.1) is 11.8 Å². The highest BCUT2D eigenvalue weighted by Gasteiger charge is 2.24. The molecule has 7 heteroatoms. The summed E-state index contributed by atoms with van der Waals surface area (Å²) >= 11 is 0. The van der Waals surface area contributed by atoms with Crippen molar-refractivity contribution in [3.63, 3.8) is 0 Å². The number of nitrogen functional groups attached to an aromatic ring is 1. The van der Waals surface area contributed by atoms with E-state index in [2.05, 4.69) is 11.9 Å². The minimum absolute atomic E-state index is 0.0321. The number of hydrogen-bond donors (Lipinski definition) is 3. The maximum absolute atomic E-state index is 11.6. The topological polar surface area (TPSA) is 123 Å². The monoisotopic (exact) mass is 370 g/mol. The van der Waals surface area contributed by atoms with E-state index in [1.54, 1.807) is 49.1 Å². The first-order valence-electron chi connectivity index (χ1n) is 8.80. The van der Waals surface area contributed by atoms with Crippen molar-refractivity contribution in [2.75, 3.05) is 17.2 Å². The number of rotatable bonds is 2. The van der Waals surface area contributed by atoms with Crippen LogP contribution < -0.4 is 16.4 Å². The number of amides is 2. The largest absolute Gasteiger partial charge is 0.387 e. The molecule has 2 aromatic rings. The van der Waals surface area contributed by atoms with Gasteiger partial charge < -0.3 is 21.5 Å². The van der Waals surface area contributed by atoms with Crippen LogP contribution in [-0.4, -0.2) is 28.4 Å². The predicted molar refractivity (Wildman–Crippen MR) is 105 cm³/mol. The lowest BCUT2D eigenvalue weighted by Crippen LogP contribution is -2.37. The molecule has 2 unspecified atom stereocenters. The number of nitrogens with zero attached hydrogens (tertiary/aromatic N) is 2. The summed E-state index contributed by atoms with van der Waals surface area (Å²) in [7, 11) is 0. The number of primary amides is 1. The van der Waals surface area contributed by atoms with Gasteiger partial charge in [0.1, 0.15) is 5.82 Å². The lowest BCUT2D eigenvalue weighted by atomic mass is 9.92. The molecule has 27 heavy (non-hydrogen) atoms. The molecule has 1 aliphatic rings. The first-order chi connectivity index (χ1) is 12.7. The fourth-order valence-corrected chi connectivity index (χ4v) is 3.02. The number of nitrogens with two attached hydrogens (primary N) is 2. The third-order valence-electron chi connectivity index (χ3n) is 4.32. The van der Waals surface area contributed by atoms with Crippen molar-refractivity contribution in [2.24, 2.45) is 11.7 Å². The van der Waals surface area contributed by atoms with Gasteiger partial charge in [-0.15, -0.1) is 0 Å². The average Bonchev–Trinajstić information content (AvgIpc) is 2.60. The van der Waals surface area contributed by atoms with Crippen LogP contribution in [0.3, 0.4) is 0 Å². The zero-order chi connectivity index (χ0) is 20.1. The summed E-state index contributed by atoms with van der Waals surface area (Å²) in [6.07, 6.45) is 0.337. The maximum atomic E-state index is 11.6. The second kappa shape index (κ2) is 8.64. The minimum atomic E-state index is -0.538. The number of fused-ring (bicyclic) bond motifs is 1. The zero-order valence-electron chi connectivity index (χ0n) is 15.8. The maximum Gasteiger partial charge on any atom is 0.248 e. The zero-order valence-corrected chi connectivity index (χ0v) is 15.8. The molecule has 0 saturated heterocycles. The number of anilines is 2. The lowest BCUT2D eigenvalue weighted by Gasteiger charge is -2.32. The molecule has 0 radical (unpaired) electrons. The number of carbonyl (C=O) groups is 2. The molecular weight excluding hydrogens is 344 g/mol. The Morgan fingerprint density at radius 2 is 2.00 bits per heavy atom. The Morgan fingerprint density at radius 3 is 2.52 bits per heavy atom. The van der Waals surface area contributed by atoms with E-state index in [9.17, 15) is 9.59 Å². The van der Waals surface area contributed by atoms with Gasteiger partial charge in [-0.3, -0.25) is 9.59 Å². The SMILES string of the molecule is CC(=O)N1CC(C)Cc2cc(C(N)=O)ccc21.CC(O)c1cccc(N)n1. The summed E-state index contributed by atoms with van der Waals surface area (Å²) in [5, 5.41) is 9.03. The highest BCUT2D eigenvalue weighted by atomic mass is 16.3. The van der Waals surface area contributed by atoms with Gasteiger partial charge in [-0.1, -0.05) is 13.0 Å². The molecule has 5 N–H and O–H groups in total. The van der Waals surface area contributed by atoms with Crippen molar-refractivity contribution in [1.29, 1.82) is 0 Å². The molecule has 2 amide bonds. The van der Waals surface area contributed by atoms with Crippen LogP contribution in [0.2, 0.25) is 0 Å². The molecular formula is C20H26N4O3. The van der Waals surface area contributed by atoms with E-state index >= 15 is 0 Å². The van der Waals surface area contributed by atoms with Gasteiger partial charge in [0.2, 0.25) is 11.8 Å². The molecule has 1 aromatic heterocycles. The highest BCUT2D eigenvalue weighted by Crippen LogP contribution is 2.30. The van der Waals surface area contributed by atoms with Gasteiger partial charge in [0, 0.05) is 24.7 Å². The number of pyridine rings is 1. The van der Waals surface area contributed by atoms with E-state index in [0.717, 1.165) is 24.2 Å². The van der Waals surface area contributed by atoms with Crippen LogP contribution in [0.4, 0.5) is 11.5 Å². The van der Waals surface area contributed by atoms with Crippen LogP contribution in [0.25, 0.3) is 0 Å². The van der Waals surface area contributed by atoms with Crippen LogP contribution in [-0.2, 0) is 11.2 Å². The number of aliphatic hydroxyl groups excluding tert-OH is 1. The number of carbonyl (C=O) groups excluding carboxylic acids is 2. The smallest absolute Gasteiger partial charge is 0.248 e. The summed E-state index contributed by atoms with van der Waals surface area (Å²) in [6, 6.07) is 10.5. The third-order valence-corrected chi connectivity index (χ3v) is 4.32. The number of aliphatic hydroxyl groups is 1. The van der Waals surface area contributed by atoms with Crippen molar-refractivity contribution < 1.29 is 14.7 Å². The van der Waals surface area contributed by atoms with Gasteiger partial charge in [-0.05, 0) is 55.2 Å². The lowest BCUT2D eigenvalue weighted by molar-refractivity contribution is -0.116. The Labute approximate surface area is 159 Å². The van der Waals surface area contributed by atoms with Crippen LogP contribution in [0, 0.1) is 5.92 Å². The number of aromatic nitrogens is 1. The molecule has 3 rings (SSSR count). The Balaban J connectivity index is 0.000000223. The molecule has 0 spiro atoms. The van der Waals surface area contributed by atoms with Crippen molar-refractivity contribution in [3.05, 3.63) is 53.2 Å². The molecule has 7 nitrogen and oxygen atoms in total. The van der Waals surface area contributed by atoms with Crippen molar-refractivity contribution >= 4 is 23.3 Å². The second-order valence-electron chi connectivity index (χ2n) is 6.81. The van der Waals surface area contributed by atoms with E-state index in [4.69, 9.17) is 16.6 Å². The summed E-state index contributed by atoms with van der Waals surface area (Å²) in [6.45, 7) is 6.04. The molecule has 0 aliphatic carbocycles. The number of benzene rings is 1. The van der Waals surface area contributed by atoms with E-state index in [-0.39, 0.29) is 5.91 Å². The van der Waals surface area contributed by atoms with E-state index in [0.29, 0.717) is 23.0 Å². The van der Waals surface area contributed by atoms with Gasteiger partial charge in [-0.25, -0.2) is 4.98 Å². The Bertz CT molecular complexity index is 836. The molecule has 2 heterocycles. The van der Waals surface area contributed by atoms with E-state index in [1.165, 1.54) is 0 Å². The molecule has 144 valence electrons. The van der Waals surface area contributed by atoms with Crippen molar-refractivity contribution in [1.82, 2.24) is 4.98 Å². The number of hydrogen-bond acceptors (Lipinski definition) is 5. The highest BCUT2D eigenvalue weighted by molar-refractivity contribution is 5.96. The summed E-state index contributed by atoms with van der Waals surface area (Å²) < 4.78 is 0. The van der Waals surface area contributed by atoms with Crippen LogP contribution in [0.5, 0.6) is 0 Å². The van der Waals surface area contributed by atoms with Gasteiger partial charge >= 0.3 is 0 Å². The second-order valence-corrected chi connectivity index (χ2v) is 6.81. The summed E-state index contributed by atoms with van der Waals surface area (Å²) in [4.78, 5) is 28.3. The minimum Gasteiger partial charge on any atom is -0.387 e. The Hall–Kier alpha value is -2.93. The van der Waals surface area contributed by atoms with Gasteiger partial charge in [0.25, 0.3) is 0 Å². The molecule has 1 aromatic carbocycles. The molecule has 0 bridgehead atoms. The molecule has 0 fully saturated rings. The Kier molecular flexibility index (Phi) is 6.52. The summed E-state index contributed by atoms with van der Waals surface area (Å²) in [5.74, 6) is 0.443. The molecule has 0 saturated carbocycles. The van der Waals surface area contributed by atoms with Crippen LogP contribution in [0.15, 0.2) is 36.4 Å². The Morgan fingerprint density at radius 1 is 1.30 bits per heavy atom. The van der Waals surface area contributed by atoms with Gasteiger partial charge in [-0.2, -0.15) is 0 Å². The average molecular weight is 370 g/mol. The molecule has 1 aliphatic heterocycles. The van der Waals surface area contributed by atoms with E-state index < -0.39 is 12.0 Å². The van der Waals surface area contributed by atoms with Crippen molar-refractivity contribution in [3.8, 4) is 0 Å². The first-order valence-corrected chi connectivity index (χ1v) is 8.80. The first kappa shape index (κ1) is 20.4. The fraction of sp³-hybridized carbons (Fsp3) is 0.350. The fourth-order valence-electron chi connectivity index (χ4n) is 3.02. The van der Waals surface area contributed by atoms with Gasteiger partial charge in [0.15, 0.2) is 0 Å². The quantitative estimate of drug-likeness (QED) is 0.747. The normalized spacial score (nSPS) is 16.6. The van der Waals surface area contributed by atoms with Crippen LogP contribution in [0.1, 0.15) is 48.5 Å². The standard InChI is InChI=1S/C13H16N2O2.C7H10N2O/c1-8-5-11-6-10(13(14)17)3-4-12(11)15(7-8)9(2)16;1-5(10)6-3-2-4-7(8)9-6/h3-4,6,8H,5,7H2,1-2H3,(H2,14,17);2-5,10H,1H3,(H2,8,9). The predicted octanol–water partition coefficient (Wildman–Crippen LogP) is 2.05. The van der Waals surface area contributed by atoms with Crippen molar-refractivity contribution in [2.45, 2.75) is 33.3 Å². The summed E-state index contributed by atoms with van der Waals surface area (Å²) in [5.41, 5.74) is 13.7. The van der Waals surface area contributed by atoms with E-state index in [1.807, 2.05) is 6.07 Å².